The highest BCUT2D eigenvalue weighted by atomic mass is 35.5. The molecule has 0 aliphatic carbocycles. The number of nitrogens with one attached hydrogen (secondary N) is 1. The Morgan fingerprint density at radius 2 is 2.00 bits per heavy atom. The third kappa shape index (κ3) is 2.52. The van der Waals surface area contributed by atoms with E-state index in [0.717, 1.165) is 6.07 Å². The molecule has 18 heavy (non-hydrogen) atoms. The van der Waals surface area contributed by atoms with Crippen LogP contribution in [0.15, 0.2) is 36.5 Å². The van der Waals surface area contributed by atoms with E-state index in [-0.39, 0.29) is 22.9 Å². The van der Waals surface area contributed by atoms with Gasteiger partial charge in [-0.05, 0) is 30.3 Å². The van der Waals surface area contributed by atoms with Crippen LogP contribution < -0.4 is 5.32 Å². The molecule has 3 N–H and O–H groups in total. The van der Waals surface area contributed by atoms with E-state index in [1.807, 2.05) is 0 Å². The van der Waals surface area contributed by atoms with Gasteiger partial charge in [0.15, 0.2) is 17.3 Å². The third-order valence-electron chi connectivity index (χ3n) is 2.23. The Labute approximate surface area is 108 Å². The van der Waals surface area contributed by atoms with E-state index in [1.54, 1.807) is 12.1 Å². The summed E-state index contributed by atoms with van der Waals surface area (Å²) in [7, 11) is 0. The first-order valence-electron chi connectivity index (χ1n) is 5.02. The number of pyridine rings is 1. The van der Waals surface area contributed by atoms with Gasteiger partial charge < -0.3 is 15.5 Å². The normalized spacial score (nSPS) is 10.1. The number of nitrogens with zero attached hydrogens (tertiary/aromatic N) is 1. The number of anilines is 1. The number of halogens is 1. The van der Waals surface area contributed by atoms with E-state index < -0.39 is 5.91 Å². The molecule has 5 nitrogen and oxygen atoms in total. The number of amides is 1. The van der Waals surface area contributed by atoms with Gasteiger partial charge in [-0.3, -0.25) is 4.79 Å². The van der Waals surface area contributed by atoms with Gasteiger partial charge in [-0.15, -0.1) is 0 Å². The first kappa shape index (κ1) is 12.2. The van der Waals surface area contributed by atoms with E-state index in [0.29, 0.717) is 5.02 Å². The van der Waals surface area contributed by atoms with Crippen LogP contribution in [0.3, 0.4) is 0 Å². The lowest BCUT2D eigenvalue weighted by Gasteiger charge is -2.06. The average molecular weight is 265 g/mol. The molecule has 2 rings (SSSR count). The minimum Gasteiger partial charge on any atom is -0.504 e. The molecular formula is C12H9ClN2O3. The van der Waals surface area contributed by atoms with E-state index >= 15 is 0 Å². The predicted molar refractivity (Wildman–Crippen MR) is 67.0 cm³/mol. The van der Waals surface area contributed by atoms with E-state index in [9.17, 15) is 9.90 Å². The lowest BCUT2D eigenvalue weighted by molar-refractivity contribution is 0.102. The zero-order valence-corrected chi connectivity index (χ0v) is 9.85. The number of carbonyl (C=O) groups is 1. The predicted octanol–water partition coefficient (Wildman–Crippen LogP) is 2.40. The summed E-state index contributed by atoms with van der Waals surface area (Å²) in [6.45, 7) is 0. The molecule has 1 aromatic carbocycles. The molecule has 0 atom stereocenters. The van der Waals surface area contributed by atoms with Crippen LogP contribution in [-0.4, -0.2) is 21.1 Å². The number of phenols is 2. The highest BCUT2D eigenvalue weighted by Gasteiger charge is 2.11. The quantitative estimate of drug-likeness (QED) is 0.728. The molecule has 0 aliphatic heterocycles. The average Bonchev–Trinajstić information content (AvgIpc) is 2.35. The minimum absolute atomic E-state index is 0.187. The van der Waals surface area contributed by atoms with Gasteiger partial charge in [-0.1, -0.05) is 11.6 Å². The van der Waals surface area contributed by atoms with Crippen LogP contribution >= 0.6 is 11.6 Å². The van der Waals surface area contributed by atoms with E-state index in [2.05, 4.69) is 10.3 Å². The number of hydrogen-bond acceptors (Lipinski definition) is 4. The molecule has 1 heterocycles. The lowest BCUT2D eigenvalue weighted by atomic mass is 10.2. The molecule has 0 unspecified atom stereocenters. The molecule has 6 heteroatoms. The summed E-state index contributed by atoms with van der Waals surface area (Å²) in [6, 6.07) is 7.00. The maximum absolute atomic E-state index is 11.8. The molecule has 1 aromatic heterocycles. The number of phenolic OH excluding ortho intramolecular Hbond substituents is 2. The maximum atomic E-state index is 11.8. The van der Waals surface area contributed by atoms with Crippen molar-refractivity contribution < 1.29 is 15.0 Å². The monoisotopic (exact) mass is 264 g/mol. The Bertz CT molecular complexity index is 602. The van der Waals surface area contributed by atoms with Gasteiger partial charge in [0.25, 0.3) is 5.91 Å². The third-order valence-corrected chi connectivity index (χ3v) is 2.53. The number of benzene rings is 1. The van der Waals surface area contributed by atoms with Gasteiger partial charge in [-0.25, -0.2) is 4.98 Å². The second kappa shape index (κ2) is 4.93. The Balaban J connectivity index is 2.22. The Hall–Kier alpha value is -2.27. The highest BCUT2D eigenvalue weighted by Crippen LogP contribution is 2.25. The van der Waals surface area contributed by atoms with Crippen molar-refractivity contribution in [2.75, 3.05) is 5.32 Å². The second-order valence-corrected chi connectivity index (χ2v) is 3.90. The van der Waals surface area contributed by atoms with Gasteiger partial charge in [0.2, 0.25) is 0 Å². The number of aromatic hydroxyl groups is 2. The summed E-state index contributed by atoms with van der Waals surface area (Å²) < 4.78 is 0. The SMILES string of the molecule is O=C(Nc1ncccc1Cl)c1ccc(O)c(O)c1. The van der Waals surface area contributed by atoms with Crippen LogP contribution in [0.25, 0.3) is 0 Å². The van der Waals surface area contributed by atoms with Crippen molar-refractivity contribution in [2.24, 2.45) is 0 Å². The molecule has 0 fully saturated rings. The van der Waals surface area contributed by atoms with Gasteiger partial charge in [0.1, 0.15) is 0 Å². The van der Waals surface area contributed by atoms with Crippen molar-refractivity contribution in [2.45, 2.75) is 0 Å². The van der Waals surface area contributed by atoms with Crippen LogP contribution in [0.4, 0.5) is 5.82 Å². The number of rotatable bonds is 2. The molecule has 0 aliphatic rings. The standard InChI is InChI=1S/C12H9ClN2O3/c13-8-2-1-5-14-11(8)15-12(18)7-3-4-9(16)10(17)6-7/h1-6,16-17H,(H,14,15,18). The lowest BCUT2D eigenvalue weighted by Crippen LogP contribution is -2.13. The van der Waals surface area contributed by atoms with Gasteiger partial charge in [-0.2, -0.15) is 0 Å². The summed E-state index contributed by atoms with van der Waals surface area (Å²) in [6.07, 6.45) is 1.50. The molecule has 0 bridgehead atoms. The Morgan fingerprint density at radius 3 is 2.67 bits per heavy atom. The van der Waals surface area contributed by atoms with Crippen LogP contribution in [0.1, 0.15) is 10.4 Å². The molecule has 0 saturated heterocycles. The fraction of sp³-hybridized carbons (Fsp3) is 0. The van der Waals surface area contributed by atoms with Crippen LogP contribution in [0.2, 0.25) is 5.02 Å². The zero-order chi connectivity index (χ0) is 13.1. The fourth-order valence-electron chi connectivity index (χ4n) is 1.32. The van der Waals surface area contributed by atoms with Crippen molar-refractivity contribution >= 4 is 23.3 Å². The maximum Gasteiger partial charge on any atom is 0.256 e. The number of carbonyl (C=O) groups excluding carboxylic acids is 1. The fourth-order valence-corrected chi connectivity index (χ4v) is 1.49. The van der Waals surface area contributed by atoms with E-state index in [4.69, 9.17) is 16.7 Å². The second-order valence-electron chi connectivity index (χ2n) is 3.49. The molecule has 92 valence electrons. The smallest absolute Gasteiger partial charge is 0.256 e. The number of hydrogen-bond donors (Lipinski definition) is 3. The molecule has 0 spiro atoms. The summed E-state index contributed by atoms with van der Waals surface area (Å²) in [5.74, 6) is -0.903. The van der Waals surface area contributed by atoms with Crippen molar-refractivity contribution in [3.63, 3.8) is 0 Å². The minimum atomic E-state index is -0.481. The Kier molecular flexibility index (Phi) is 3.34. The first-order chi connectivity index (χ1) is 8.58. The molecule has 0 saturated carbocycles. The summed E-state index contributed by atoms with van der Waals surface area (Å²) >= 11 is 5.85. The number of aromatic nitrogens is 1. The molecule has 0 radical (unpaired) electrons. The van der Waals surface area contributed by atoms with Crippen molar-refractivity contribution in [3.8, 4) is 11.5 Å². The van der Waals surface area contributed by atoms with Crippen LogP contribution in [0.5, 0.6) is 11.5 Å². The first-order valence-corrected chi connectivity index (χ1v) is 5.39. The van der Waals surface area contributed by atoms with Crippen molar-refractivity contribution in [1.82, 2.24) is 4.98 Å². The summed E-state index contributed by atoms with van der Waals surface area (Å²) in [5.41, 5.74) is 0.187. The Morgan fingerprint density at radius 1 is 1.22 bits per heavy atom. The van der Waals surface area contributed by atoms with Gasteiger partial charge >= 0.3 is 0 Å². The summed E-state index contributed by atoms with van der Waals surface area (Å²) in [5, 5.41) is 21.3. The van der Waals surface area contributed by atoms with Crippen LogP contribution in [0, 0.1) is 0 Å². The molecular weight excluding hydrogens is 256 g/mol. The van der Waals surface area contributed by atoms with Crippen molar-refractivity contribution in [1.29, 1.82) is 0 Å². The zero-order valence-electron chi connectivity index (χ0n) is 9.09. The van der Waals surface area contributed by atoms with Gasteiger partial charge in [0, 0.05) is 11.8 Å². The largest absolute Gasteiger partial charge is 0.504 e. The van der Waals surface area contributed by atoms with E-state index in [1.165, 1.54) is 18.3 Å². The van der Waals surface area contributed by atoms with Crippen LogP contribution in [-0.2, 0) is 0 Å². The van der Waals surface area contributed by atoms with Crippen molar-refractivity contribution in [3.05, 3.63) is 47.1 Å². The summed E-state index contributed by atoms with van der Waals surface area (Å²) in [4.78, 5) is 15.7. The topological polar surface area (TPSA) is 82.5 Å². The van der Waals surface area contributed by atoms with Gasteiger partial charge in [0.05, 0.1) is 5.02 Å². The molecule has 2 aromatic rings. The molecule has 1 amide bonds. The highest BCUT2D eigenvalue weighted by molar-refractivity contribution is 6.33.